The van der Waals surface area contributed by atoms with Crippen molar-refractivity contribution >= 4 is 0 Å². The molecule has 2 aliphatic rings. The predicted molar refractivity (Wildman–Crippen MR) is 107 cm³/mol. The van der Waals surface area contributed by atoms with Gasteiger partial charge >= 0.3 is 0 Å². The van der Waals surface area contributed by atoms with E-state index in [0.29, 0.717) is 30.4 Å². The molecule has 1 aliphatic heterocycles. The molecule has 2 aromatic carbocycles. The average molecular weight is 401 g/mol. The molecule has 7 heteroatoms. The first-order chi connectivity index (χ1) is 14.2. The van der Waals surface area contributed by atoms with Crippen molar-refractivity contribution in [2.45, 2.75) is 37.2 Å². The van der Waals surface area contributed by atoms with Crippen molar-refractivity contribution in [3.05, 3.63) is 42.5 Å². The fourth-order valence-electron chi connectivity index (χ4n) is 3.83. The van der Waals surface area contributed by atoms with E-state index in [-0.39, 0.29) is 18.2 Å². The van der Waals surface area contributed by atoms with Crippen LogP contribution in [0.4, 0.5) is 0 Å². The molecule has 7 nitrogen and oxygen atoms in total. The Hall–Kier alpha value is -2.64. The zero-order chi connectivity index (χ0) is 20.2. The number of hydrogen-bond acceptors (Lipinski definition) is 7. The van der Waals surface area contributed by atoms with Crippen molar-refractivity contribution in [2.75, 3.05) is 27.4 Å². The van der Waals surface area contributed by atoms with Crippen molar-refractivity contribution in [1.29, 1.82) is 0 Å². The fraction of sp³-hybridized carbons (Fsp3) is 0.455. The van der Waals surface area contributed by atoms with Crippen LogP contribution in [0.15, 0.2) is 42.5 Å². The highest BCUT2D eigenvalue weighted by Gasteiger charge is 2.37. The molecule has 1 saturated carbocycles. The van der Waals surface area contributed by atoms with Crippen molar-refractivity contribution in [3.63, 3.8) is 0 Å². The van der Waals surface area contributed by atoms with Gasteiger partial charge in [0.05, 0.1) is 14.2 Å². The number of aliphatic hydroxyl groups excluding tert-OH is 1. The maximum Gasteiger partial charge on any atom is 0.203 e. The lowest BCUT2D eigenvalue weighted by molar-refractivity contribution is 0.0361. The first-order valence-electron chi connectivity index (χ1n) is 9.87. The van der Waals surface area contributed by atoms with Crippen LogP contribution < -0.4 is 29.0 Å². The van der Waals surface area contributed by atoms with Crippen LogP contribution in [-0.4, -0.2) is 56.8 Å². The van der Waals surface area contributed by atoms with E-state index in [2.05, 4.69) is 5.32 Å². The third-order valence-electron chi connectivity index (χ3n) is 5.38. The van der Waals surface area contributed by atoms with Gasteiger partial charge in [-0.3, -0.25) is 0 Å². The molecule has 1 heterocycles. The highest BCUT2D eigenvalue weighted by molar-refractivity contribution is 5.51. The Morgan fingerprint density at radius 3 is 2.45 bits per heavy atom. The molecular formula is C22H27NO6. The first kappa shape index (κ1) is 19.7. The van der Waals surface area contributed by atoms with E-state index in [1.165, 1.54) is 0 Å². The van der Waals surface area contributed by atoms with Gasteiger partial charge in [0.15, 0.2) is 23.0 Å². The van der Waals surface area contributed by atoms with Crippen LogP contribution in [0.2, 0.25) is 0 Å². The van der Waals surface area contributed by atoms with Crippen LogP contribution in [0.25, 0.3) is 0 Å². The van der Waals surface area contributed by atoms with Crippen LogP contribution in [-0.2, 0) is 0 Å². The highest BCUT2D eigenvalue weighted by Crippen LogP contribution is 2.39. The minimum absolute atomic E-state index is 0.0820. The van der Waals surface area contributed by atoms with Crippen LogP contribution in [0.3, 0.4) is 0 Å². The molecule has 0 unspecified atom stereocenters. The number of rotatable bonds is 7. The summed E-state index contributed by atoms with van der Waals surface area (Å²) in [6, 6.07) is 13.0. The molecule has 0 radical (unpaired) electrons. The summed E-state index contributed by atoms with van der Waals surface area (Å²) in [6.45, 7) is 1.06. The molecule has 0 spiro atoms. The zero-order valence-electron chi connectivity index (χ0n) is 16.7. The van der Waals surface area contributed by atoms with Crippen molar-refractivity contribution in [2.24, 2.45) is 0 Å². The molecule has 2 aromatic rings. The molecule has 29 heavy (non-hydrogen) atoms. The Bertz CT molecular complexity index is 806. The summed E-state index contributed by atoms with van der Waals surface area (Å²) in [5, 5.41) is 14.2. The van der Waals surface area contributed by atoms with Crippen molar-refractivity contribution in [3.8, 4) is 28.7 Å². The van der Waals surface area contributed by atoms with E-state index in [9.17, 15) is 5.11 Å². The standard InChI is InChI=1S/C22H27NO6/c1-25-19-8-5-9-20(26-2)22(19)29-18-11-10-15(21(18)24)23-12-14-13-27-16-6-3-4-7-17(16)28-14/h3-9,14-15,18,21,23-24H,10-13H2,1-2H3/t14-,15+,18+,21+/m0/s1. The van der Waals surface area contributed by atoms with Gasteiger partial charge in [-0.05, 0) is 37.1 Å². The van der Waals surface area contributed by atoms with Gasteiger partial charge < -0.3 is 34.1 Å². The predicted octanol–water partition coefficient (Wildman–Crippen LogP) is 2.40. The second kappa shape index (κ2) is 8.80. The topological polar surface area (TPSA) is 78.4 Å². The largest absolute Gasteiger partial charge is 0.493 e. The maximum atomic E-state index is 10.8. The van der Waals surface area contributed by atoms with Crippen LogP contribution >= 0.6 is 0 Å². The molecule has 156 valence electrons. The normalized spacial score (nSPS) is 25.5. The lowest BCUT2D eigenvalue weighted by Gasteiger charge is -2.28. The zero-order valence-corrected chi connectivity index (χ0v) is 16.7. The van der Waals surface area contributed by atoms with Gasteiger partial charge in [-0.1, -0.05) is 18.2 Å². The maximum absolute atomic E-state index is 10.8. The summed E-state index contributed by atoms with van der Waals surface area (Å²) in [6.07, 6.45) is 0.424. The number of hydrogen-bond donors (Lipinski definition) is 2. The lowest BCUT2D eigenvalue weighted by atomic mass is 10.2. The summed E-state index contributed by atoms with van der Waals surface area (Å²) in [4.78, 5) is 0. The summed E-state index contributed by atoms with van der Waals surface area (Å²) in [5.74, 6) is 3.20. The SMILES string of the molecule is COc1cccc(OC)c1O[C@@H]1CC[C@@H](NC[C@H]2COc3ccccc3O2)[C@H]1O. The molecule has 1 fully saturated rings. The molecule has 4 atom stereocenters. The molecule has 4 rings (SSSR count). The number of para-hydroxylation sites is 3. The smallest absolute Gasteiger partial charge is 0.203 e. The van der Waals surface area contributed by atoms with Gasteiger partial charge in [-0.2, -0.15) is 0 Å². The quantitative estimate of drug-likeness (QED) is 0.738. The van der Waals surface area contributed by atoms with E-state index in [1.807, 2.05) is 42.5 Å². The van der Waals surface area contributed by atoms with Gasteiger partial charge in [0.2, 0.25) is 5.75 Å². The Balaban J connectivity index is 1.34. The van der Waals surface area contributed by atoms with Crippen LogP contribution in [0, 0.1) is 0 Å². The van der Waals surface area contributed by atoms with Gasteiger partial charge in [0.25, 0.3) is 0 Å². The van der Waals surface area contributed by atoms with Gasteiger partial charge in [0.1, 0.15) is 24.9 Å². The molecule has 0 bridgehead atoms. The molecule has 1 aliphatic carbocycles. The summed E-state index contributed by atoms with van der Waals surface area (Å²) < 4.78 is 28.6. The Kier molecular flexibility index (Phi) is 5.97. The van der Waals surface area contributed by atoms with E-state index < -0.39 is 6.10 Å². The monoisotopic (exact) mass is 401 g/mol. The fourth-order valence-corrected chi connectivity index (χ4v) is 3.83. The number of ether oxygens (including phenoxy) is 5. The van der Waals surface area contributed by atoms with E-state index in [0.717, 1.165) is 24.3 Å². The van der Waals surface area contributed by atoms with E-state index >= 15 is 0 Å². The third kappa shape index (κ3) is 4.21. The second-order valence-electron chi connectivity index (χ2n) is 7.23. The van der Waals surface area contributed by atoms with Crippen molar-refractivity contribution in [1.82, 2.24) is 5.32 Å². The number of aliphatic hydroxyl groups is 1. The Morgan fingerprint density at radius 1 is 1.00 bits per heavy atom. The highest BCUT2D eigenvalue weighted by atomic mass is 16.6. The van der Waals surface area contributed by atoms with E-state index in [1.54, 1.807) is 14.2 Å². The minimum atomic E-state index is -0.651. The second-order valence-corrected chi connectivity index (χ2v) is 7.23. The average Bonchev–Trinajstić information content (AvgIpc) is 3.11. The third-order valence-corrected chi connectivity index (χ3v) is 5.38. The minimum Gasteiger partial charge on any atom is -0.493 e. The van der Waals surface area contributed by atoms with Crippen LogP contribution in [0.1, 0.15) is 12.8 Å². The summed E-state index contributed by atoms with van der Waals surface area (Å²) in [7, 11) is 3.17. The first-order valence-corrected chi connectivity index (χ1v) is 9.87. The Labute approximate surface area is 170 Å². The summed E-state index contributed by atoms with van der Waals surface area (Å²) in [5.41, 5.74) is 0. The van der Waals surface area contributed by atoms with Gasteiger partial charge in [0, 0.05) is 12.6 Å². The summed E-state index contributed by atoms with van der Waals surface area (Å²) >= 11 is 0. The molecule has 0 saturated heterocycles. The molecule has 0 amide bonds. The number of benzene rings is 2. The molecular weight excluding hydrogens is 374 g/mol. The van der Waals surface area contributed by atoms with E-state index in [4.69, 9.17) is 23.7 Å². The van der Waals surface area contributed by atoms with Gasteiger partial charge in [-0.25, -0.2) is 0 Å². The van der Waals surface area contributed by atoms with Crippen molar-refractivity contribution < 1.29 is 28.8 Å². The molecule has 0 aromatic heterocycles. The van der Waals surface area contributed by atoms with Gasteiger partial charge in [-0.15, -0.1) is 0 Å². The molecule has 2 N–H and O–H groups in total. The van der Waals surface area contributed by atoms with Crippen LogP contribution in [0.5, 0.6) is 28.7 Å². The number of nitrogens with one attached hydrogen (secondary N) is 1. The number of methoxy groups -OCH3 is 2. The number of fused-ring (bicyclic) bond motifs is 1. The Morgan fingerprint density at radius 2 is 1.72 bits per heavy atom. The lowest BCUT2D eigenvalue weighted by Crippen LogP contribution is -2.47.